The van der Waals surface area contributed by atoms with Crippen LogP contribution in [0, 0.1) is 0 Å². The van der Waals surface area contributed by atoms with Gasteiger partial charge in [-0.2, -0.15) is 4.68 Å². The van der Waals surface area contributed by atoms with E-state index in [4.69, 9.17) is 15.2 Å². The van der Waals surface area contributed by atoms with Crippen LogP contribution in [0.5, 0.6) is 11.5 Å². The first-order valence-electron chi connectivity index (χ1n) is 7.44. The zero-order chi connectivity index (χ0) is 17.7. The molecule has 0 aliphatic carbocycles. The Hall–Kier alpha value is -2.39. The summed E-state index contributed by atoms with van der Waals surface area (Å²) < 4.78 is 12.1. The number of nitrogens with zero attached hydrogens (tertiary/aromatic N) is 5. The van der Waals surface area contributed by atoms with E-state index in [1.54, 1.807) is 56.0 Å². The van der Waals surface area contributed by atoms with Gasteiger partial charge in [-0.15, -0.1) is 17.5 Å². The van der Waals surface area contributed by atoms with Gasteiger partial charge in [-0.3, -0.25) is 4.79 Å². The summed E-state index contributed by atoms with van der Waals surface area (Å²) >= 11 is 0. The Labute approximate surface area is 152 Å². The number of hydrogen-bond acceptors (Lipinski definition) is 7. The van der Waals surface area contributed by atoms with E-state index >= 15 is 0 Å². The van der Waals surface area contributed by atoms with Crippen LogP contribution < -0.4 is 15.2 Å². The van der Waals surface area contributed by atoms with Gasteiger partial charge in [-0.05, 0) is 17.4 Å². The molecule has 2 N–H and O–H groups in total. The first kappa shape index (κ1) is 20.7. The lowest BCUT2D eigenvalue weighted by molar-refractivity contribution is -0.130. The highest BCUT2D eigenvalue weighted by Gasteiger charge is 2.17. The molecule has 1 aromatic heterocycles. The summed E-state index contributed by atoms with van der Waals surface area (Å²) in [5.74, 6) is 1.69. The van der Waals surface area contributed by atoms with Crippen molar-refractivity contribution in [3.63, 3.8) is 0 Å². The molecule has 0 aliphatic rings. The molecule has 138 valence electrons. The Balaban J connectivity index is 0.00000312. The fourth-order valence-electron chi connectivity index (χ4n) is 2.15. The van der Waals surface area contributed by atoms with Crippen LogP contribution in [0.1, 0.15) is 19.2 Å². The third-order valence-corrected chi connectivity index (χ3v) is 3.42. The molecule has 1 amide bonds. The van der Waals surface area contributed by atoms with Gasteiger partial charge < -0.3 is 20.1 Å². The van der Waals surface area contributed by atoms with Crippen molar-refractivity contribution in [3.05, 3.63) is 24.0 Å². The molecule has 0 bridgehead atoms. The molecule has 1 aromatic carbocycles. The number of rotatable bonds is 7. The van der Waals surface area contributed by atoms with Crippen molar-refractivity contribution in [3.8, 4) is 17.2 Å². The van der Waals surface area contributed by atoms with Gasteiger partial charge in [0.05, 0.1) is 26.5 Å². The Bertz CT molecular complexity index is 684. The minimum Gasteiger partial charge on any atom is -0.497 e. The highest BCUT2D eigenvalue weighted by molar-refractivity contribution is 5.85. The molecular formula is C15H23ClN6O3. The van der Waals surface area contributed by atoms with Crippen LogP contribution in [0.3, 0.4) is 0 Å². The molecule has 0 spiro atoms. The Morgan fingerprint density at radius 1 is 1.28 bits per heavy atom. The zero-order valence-electron chi connectivity index (χ0n) is 14.7. The quantitative estimate of drug-likeness (QED) is 0.767. The van der Waals surface area contributed by atoms with E-state index in [1.165, 1.54) is 0 Å². The fourth-order valence-corrected chi connectivity index (χ4v) is 2.15. The number of benzene rings is 1. The monoisotopic (exact) mass is 370 g/mol. The summed E-state index contributed by atoms with van der Waals surface area (Å²) in [5, 5.41) is 11.7. The molecule has 1 heterocycles. The number of aromatic nitrogens is 4. The second-order valence-corrected chi connectivity index (χ2v) is 5.51. The van der Waals surface area contributed by atoms with Crippen molar-refractivity contribution in [1.82, 2.24) is 25.1 Å². The number of nitrogens with two attached hydrogens (primary N) is 1. The van der Waals surface area contributed by atoms with Crippen molar-refractivity contribution in [2.24, 2.45) is 5.73 Å². The van der Waals surface area contributed by atoms with Gasteiger partial charge in [0.25, 0.3) is 0 Å². The lowest BCUT2D eigenvalue weighted by Crippen LogP contribution is -2.32. The molecule has 0 fully saturated rings. The van der Waals surface area contributed by atoms with Crippen LogP contribution in [0.15, 0.2) is 18.2 Å². The zero-order valence-corrected chi connectivity index (χ0v) is 15.5. The lowest BCUT2D eigenvalue weighted by atomic mass is 10.2. The van der Waals surface area contributed by atoms with E-state index in [2.05, 4.69) is 15.5 Å². The van der Waals surface area contributed by atoms with Crippen molar-refractivity contribution >= 4 is 18.3 Å². The number of hydrogen-bond donors (Lipinski definition) is 1. The van der Waals surface area contributed by atoms with Gasteiger partial charge in [0.2, 0.25) is 5.91 Å². The summed E-state index contributed by atoms with van der Waals surface area (Å²) in [5.41, 5.74) is 6.35. The molecule has 1 unspecified atom stereocenters. The predicted molar refractivity (Wildman–Crippen MR) is 94.2 cm³/mol. The van der Waals surface area contributed by atoms with Crippen LogP contribution in [-0.2, 0) is 11.3 Å². The normalized spacial score (nSPS) is 11.4. The van der Waals surface area contributed by atoms with E-state index < -0.39 is 0 Å². The number of amides is 1. The molecule has 0 saturated carbocycles. The molecule has 10 heteroatoms. The number of carbonyl (C=O) groups is 1. The third kappa shape index (κ3) is 5.30. The van der Waals surface area contributed by atoms with Gasteiger partial charge in [0.15, 0.2) is 5.82 Å². The topological polar surface area (TPSA) is 108 Å². The number of halogens is 1. The Morgan fingerprint density at radius 3 is 2.40 bits per heavy atom. The lowest BCUT2D eigenvalue weighted by Gasteiger charge is -2.18. The van der Waals surface area contributed by atoms with Gasteiger partial charge >= 0.3 is 0 Å². The van der Waals surface area contributed by atoms with Crippen molar-refractivity contribution in [2.45, 2.75) is 25.9 Å². The summed E-state index contributed by atoms with van der Waals surface area (Å²) in [7, 11) is 4.83. The average Bonchev–Trinajstić information content (AvgIpc) is 3.01. The maximum Gasteiger partial charge on any atom is 0.224 e. The fraction of sp³-hybridized carbons (Fsp3) is 0.467. The van der Waals surface area contributed by atoms with Crippen LogP contribution in [-0.4, -0.2) is 58.3 Å². The van der Waals surface area contributed by atoms with E-state index in [9.17, 15) is 4.79 Å². The summed E-state index contributed by atoms with van der Waals surface area (Å²) in [6, 6.07) is 5.13. The SMILES string of the molecule is COc1cc(OC)cc(-n2nnnc2CN(C)C(=O)CC(C)N)c1.Cl. The smallest absolute Gasteiger partial charge is 0.224 e. The van der Waals surface area contributed by atoms with Crippen molar-refractivity contribution in [2.75, 3.05) is 21.3 Å². The predicted octanol–water partition coefficient (Wildman–Crippen LogP) is 0.797. The first-order valence-corrected chi connectivity index (χ1v) is 7.44. The second-order valence-electron chi connectivity index (χ2n) is 5.51. The summed E-state index contributed by atoms with van der Waals surface area (Å²) in [6.07, 6.45) is 0.269. The number of tetrazole rings is 1. The summed E-state index contributed by atoms with van der Waals surface area (Å²) in [4.78, 5) is 13.6. The molecule has 25 heavy (non-hydrogen) atoms. The van der Waals surface area contributed by atoms with Gasteiger partial charge in [0, 0.05) is 37.7 Å². The molecular weight excluding hydrogens is 348 g/mol. The maximum atomic E-state index is 12.1. The van der Waals surface area contributed by atoms with Crippen LogP contribution in [0.2, 0.25) is 0 Å². The third-order valence-electron chi connectivity index (χ3n) is 3.42. The number of methoxy groups -OCH3 is 2. The Kier molecular flexibility index (Phi) is 7.59. The van der Waals surface area contributed by atoms with E-state index in [1.807, 2.05) is 0 Å². The largest absolute Gasteiger partial charge is 0.497 e. The average molecular weight is 371 g/mol. The minimum absolute atomic E-state index is 0. The number of carbonyl (C=O) groups excluding carboxylic acids is 1. The Morgan fingerprint density at radius 2 is 1.88 bits per heavy atom. The van der Waals surface area contributed by atoms with Gasteiger partial charge in [0.1, 0.15) is 11.5 Å². The van der Waals surface area contributed by atoms with Crippen molar-refractivity contribution in [1.29, 1.82) is 0 Å². The van der Waals surface area contributed by atoms with Crippen LogP contribution in [0.25, 0.3) is 5.69 Å². The van der Waals surface area contributed by atoms with Gasteiger partial charge in [-0.1, -0.05) is 0 Å². The standard InChI is InChI=1S/C15H22N6O3.ClH/c1-10(16)5-15(22)20(2)9-14-17-18-19-21(14)11-6-12(23-3)8-13(7-11)24-4;/h6-8,10H,5,9,16H2,1-4H3;1H. The molecule has 1 atom stereocenters. The highest BCUT2D eigenvalue weighted by Crippen LogP contribution is 2.25. The molecule has 0 radical (unpaired) electrons. The molecule has 0 saturated heterocycles. The molecule has 0 aliphatic heterocycles. The minimum atomic E-state index is -0.196. The van der Waals surface area contributed by atoms with E-state index in [0.717, 1.165) is 0 Å². The molecule has 2 rings (SSSR count). The van der Waals surface area contributed by atoms with Crippen LogP contribution >= 0.6 is 12.4 Å². The number of ether oxygens (including phenoxy) is 2. The van der Waals surface area contributed by atoms with Crippen LogP contribution in [0.4, 0.5) is 0 Å². The summed E-state index contributed by atoms with van der Waals surface area (Å²) in [6.45, 7) is 2.05. The second kappa shape index (κ2) is 9.19. The highest BCUT2D eigenvalue weighted by atomic mass is 35.5. The first-order chi connectivity index (χ1) is 11.4. The molecule has 2 aromatic rings. The molecule has 9 nitrogen and oxygen atoms in total. The maximum absolute atomic E-state index is 12.1. The van der Waals surface area contributed by atoms with Gasteiger partial charge in [-0.25, -0.2) is 0 Å². The van der Waals surface area contributed by atoms with E-state index in [-0.39, 0.29) is 37.3 Å². The van der Waals surface area contributed by atoms with Crippen molar-refractivity contribution < 1.29 is 14.3 Å². The van der Waals surface area contributed by atoms with E-state index in [0.29, 0.717) is 23.0 Å².